The van der Waals surface area contributed by atoms with Crippen LogP contribution in [0, 0.1) is 5.41 Å². The van der Waals surface area contributed by atoms with Crippen molar-refractivity contribution in [1.82, 2.24) is 5.32 Å². The van der Waals surface area contributed by atoms with E-state index < -0.39 is 0 Å². The summed E-state index contributed by atoms with van der Waals surface area (Å²) in [7, 11) is 0. The van der Waals surface area contributed by atoms with Gasteiger partial charge in [-0.25, -0.2) is 0 Å². The van der Waals surface area contributed by atoms with Crippen LogP contribution in [0.1, 0.15) is 52.6 Å². The van der Waals surface area contributed by atoms with Gasteiger partial charge in [-0.15, -0.1) is 0 Å². The number of thioether (sulfide) groups is 1. The van der Waals surface area contributed by atoms with E-state index in [1.165, 1.54) is 23.5 Å². The molecule has 1 aliphatic rings. The molecule has 0 aromatic heterocycles. The molecular weight excluding hydrogens is 278 g/mol. The van der Waals surface area contributed by atoms with Crippen molar-refractivity contribution in [2.75, 3.05) is 11.5 Å². The summed E-state index contributed by atoms with van der Waals surface area (Å²) in [6.45, 7) is 11.1. The summed E-state index contributed by atoms with van der Waals surface area (Å²) in [5, 5.41) is 3.79. The third-order valence-electron chi connectivity index (χ3n) is 3.83. The van der Waals surface area contributed by atoms with Gasteiger partial charge in [-0.1, -0.05) is 26.0 Å². The van der Waals surface area contributed by atoms with E-state index in [9.17, 15) is 0 Å². The molecule has 1 aromatic rings. The third kappa shape index (κ3) is 5.23. The molecule has 118 valence electrons. The first kappa shape index (κ1) is 16.7. The molecule has 2 nitrogen and oxygen atoms in total. The van der Waals surface area contributed by atoms with E-state index in [4.69, 9.17) is 4.74 Å². The summed E-state index contributed by atoms with van der Waals surface area (Å²) < 4.78 is 5.80. The van der Waals surface area contributed by atoms with Crippen molar-refractivity contribution < 1.29 is 4.74 Å². The summed E-state index contributed by atoms with van der Waals surface area (Å²) in [5.41, 5.74) is 1.75. The van der Waals surface area contributed by atoms with E-state index in [1.807, 2.05) is 6.07 Å². The highest BCUT2D eigenvalue weighted by Crippen LogP contribution is 2.34. The molecule has 1 heterocycles. The van der Waals surface area contributed by atoms with Crippen LogP contribution in [0.25, 0.3) is 0 Å². The number of hydrogen-bond donors (Lipinski definition) is 1. The maximum Gasteiger partial charge on any atom is 0.120 e. The zero-order chi connectivity index (χ0) is 15.5. The predicted octanol–water partition coefficient (Wildman–Crippen LogP) is 4.66. The fourth-order valence-electron chi connectivity index (χ4n) is 2.95. The molecule has 1 N–H and O–H groups in total. The maximum atomic E-state index is 5.80. The molecule has 2 atom stereocenters. The van der Waals surface area contributed by atoms with Gasteiger partial charge in [0.15, 0.2) is 0 Å². The van der Waals surface area contributed by atoms with Gasteiger partial charge in [0.2, 0.25) is 0 Å². The molecule has 1 saturated heterocycles. The van der Waals surface area contributed by atoms with Crippen LogP contribution >= 0.6 is 11.8 Å². The molecule has 0 radical (unpaired) electrons. The molecule has 2 rings (SSSR count). The topological polar surface area (TPSA) is 21.3 Å². The van der Waals surface area contributed by atoms with Crippen LogP contribution in [-0.2, 0) is 0 Å². The molecule has 1 aliphatic heterocycles. The lowest BCUT2D eigenvalue weighted by Gasteiger charge is -2.36. The maximum absolute atomic E-state index is 5.80. The second-order valence-corrected chi connectivity index (χ2v) is 8.24. The zero-order valence-electron chi connectivity index (χ0n) is 14.0. The number of rotatable bonds is 5. The fourth-order valence-corrected chi connectivity index (χ4v) is 4.24. The highest BCUT2D eigenvalue weighted by atomic mass is 32.2. The van der Waals surface area contributed by atoms with Crippen molar-refractivity contribution in [3.05, 3.63) is 29.8 Å². The predicted molar refractivity (Wildman–Crippen MR) is 93.3 cm³/mol. The monoisotopic (exact) mass is 307 g/mol. The summed E-state index contributed by atoms with van der Waals surface area (Å²) in [6, 6.07) is 9.44. The van der Waals surface area contributed by atoms with E-state index in [0.29, 0.717) is 17.5 Å². The number of benzene rings is 1. The minimum atomic E-state index is 0.221. The lowest BCUT2D eigenvalue weighted by molar-refractivity contribution is 0.242. The Balaban J connectivity index is 1.98. The zero-order valence-corrected chi connectivity index (χ0v) is 14.8. The number of hydrogen-bond acceptors (Lipinski definition) is 3. The van der Waals surface area contributed by atoms with Crippen LogP contribution in [0.2, 0.25) is 0 Å². The van der Waals surface area contributed by atoms with Crippen LogP contribution in [-0.4, -0.2) is 23.7 Å². The van der Waals surface area contributed by atoms with Gasteiger partial charge in [-0.3, -0.25) is 0 Å². The van der Waals surface area contributed by atoms with Gasteiger partial charge in [-0.05, 0) is 56.1 Å². The molecule has 0 spiro atoms. The molecule has 3 heteroatoms. The van der Waals surface area contributed by atoms with Crippen LogP contribution in [0.15, 0.2) is 24.3 Å². The Morgan fingerprint density at radius 1 is 1.29 bits per heavy atom. The van der Waals surface area contributed by atoms with Crippen molar-refractivity contribution >= 4 is 11.8 Å². The first-order valence-corrected chi connectivity index (χ1v) is 9.11. The largest absolute Gasteiger partial charge is 0.491 e. The van der Waals surface area contributed by atoms with Gasteiger partial charge in [0, 0.05) is 17.8 Å². The quantitative estimate of drug-likeness (QED) is 0.855. The van der Waals surface area contributed by atoms with E-state index in [-0.39, 0.29) is 6.10 Å². The van der Waals surface area contributed by atoms with E-state index in [1.54, 1.807) is 0 Å². The number of ether oxygens (including phenoxy) is 1. The first-order chi connectivity index (χ1) is 9.85. The van der Waals surface area contributed by atoms with E-state index >= 15 is 0 Å². The van der Waals surface area contributed by atoms with Crippen molar-refractivity contribution in [3.8, 4) is 5.75 Å². The van der Waals surface area contributed by atoms with Crippen molar-refractivity contribution in [2.24, 2.45) is 5.41 Å². The van der Waals surface area contributed by atoms with E-state index in [0.717, 1.165) is 5.75 Å². The minimum Gasteiger partial charge on any atom is -0.491 e. The van der Waals surface area contributed by atoms with Crippen LogP contribution in [0.4, 0.5) is 0 Å². The Morgan fingerprint density at radius 2 is 2.05 bits per heavy atom. The van der Waals surface area contributed by atoms with Crippen LogP contribution in [0.3, 0.4) is 0 Å². The molecule has 0 aliphatic carbocycles. The van der Waals surface area contributed by atoms with Crippen LogP contribution < -0.4 is 10.1 Å². The molecule has 0 saturated carbocycles. The average Bonchev–Trinajstić information content (AvgIpc) is 2.37. The Hall–Kier alpha value is -0.670. The van der Waals surface area contributed by atoms with Gasteiger partial charge < -0.3 is 10.1 Å². The molecule has 21 heavy (non-hydrogen) atoms. The Morgan fingerprint density at radius 3 is 2.71 bits per heavy atom. The van der Waals surface area contributed by atoms with Crippen molar-refractivity contribution in [1.29, 1.82) is 0 Å². The normalized spacial score (nSPS) is 23.0. The van der Waals surface area contributed by atoms with Gasteiger partial charge in [-0.2, -0.15) is 11.8 Å². The van der Waals surface area contributed by atoms with Gasteiger partial charge in [0.25, 0.3) is 0 Å². The molecule has 0 amide bonds. The molecule has 1 aromatic carbocycles. The summed E-state index contributed by atoms with van der Waals surface area (Å²) in [4.78, 5) is 0. The van der Waals surface area contributed by atoms with E-state index in [2.05, 4.69) is 69.9 Å². The second kappa shape index (κ2) is 7.06. The van der Waals surface area contributed by atoms with Crippen molar-refractivity contribution in [2.45, 2.75) is 59.2 Å². The Kier molecular flexibility index (Phi) is 5.61. The van der Waals surface area contributed by atoms with Gasteiger partial charge in [0.05, 0.1) is 6.10 Å². The summed E-state index contributed by atoms with van der Waals surface area (Å²) >= 11 is 2.07. The van der Waals surface area contributed by atoms with Crippen LogP contribution in [0.5, 0.6) is 5.75 Å². The Bertz CT molecular complexity index is 458. The molecule has 2 unspecified atom stereocenters. The fraction of sp³-hybridized carbons (Fsp3) is 0.667. The summed E-state index contributed by atoms with van der Waals surface area (Å²) in [5.74, 6) is 3.46. The highest BCUT2D eigenvalue weighted by Gasteiger charge is 2.29. The SMILES string of the molecule is CC(C)Oc1cccc(C(C)NC2CSCC(C)(C)C2)c1. The highest BCUT2D eigenvalue weighted by molar-refractivity contribution is 7.99. The second-order valence-electron chi connectivity index (χ2n) is 7.21. The lowest BCUT2D eigenvalue weighted by Crippen LogP contribution is -2.41. The minimum absolute atomic E-state index is 0.221. The van der Waals surface area contributed by atoms with Crippen molar-refractivity contribution in [3.63, 3.8) is 0 Å². The molecule has 1 fully saturated rings. The third-order valence-corrected chi connectivity index (χ3v) is 5.45. The molecular formula is C18H29NOS. The lowest BCUT2D eigenvalue weighted by atomic mass is 9.87. The molecule has 0 bridgehead atoms. The standard InChI is InChI=1S/C18H29NOS/c1-13(2)20-17-8-6-7-15(9-17)14(3)19-16-10-18(4,5)12-21-11-16/h6-9,13-14,16,19H,10-12H2,1-5H3. The Labute approximate surface area is 134 Å². The van der Waals surface area contributed by atoms with Gasteiger partial charge in [0.1, 0.15) is 5.75 Å². The summed E-state index contributed by atoms with van der Waals surface area (Å²) in [6.07, 6.45) is 1.48. The smallest absolute Gasteiger partial charge is 0.120 e. The first-order valence-electron chi connectivity index (χ1n) is 7.96. The number of nitrogens with one attached hydrogen (secondary N) is 1. The average molecular weight is 308 g/mol. The van der Waals surface area contributed by atoms with Gasteiger partial charge >= 0.3 is 0 Å².